The lowest BCUT2D eigenvalue weighted by molar-refractivity contribution is 0.405. The van der Waals surface area contributed by atoms with E-state index in [1.54, 1.807) is 12.4 Å². The van der Waals surface area contributed by atoms with Gasteiger partial charge in [0.15, 0.2) is 0 Å². The molecule has 3 nitrogen and oxygen atoms in total. The van der Waals surface area contributed by atoms with Crippen LogP contribution in [0.15, 0.2) is 22.9 Å². The average Bonchev–Trinajstić information content (AvgIpc) is 2.15. The third-order valence-corrected chi connectivity index (χ3v) is 2.50. The Labute approximate surface area is 93.7 Å². The van der Waals surface area contributed by atoms with Gasteiger partial charge in [-0.05, 0) is 49.1 Å². The van der Waals surface area contributed by atoms with Crippen LogP contribution in [0.4, 0.5) is 5.69 Å². The van der Waals surface area contributed by atoms with E-state index in [0.717, 1.165) is 29.7 Å². The summed E-state index contributed by atoms with van der Waals surface area (Å²) in [6.45, 7) is 2.09. The Morgan fingerprint density at radius 1 is 1.50 bits per heavy atom. The molecule has 1 aromatic heterocycles. The molecular weight excluding hydrogens is 242 g/mol. The van der Waals surface area contributed by atoms with Crippen molar-refractivity contribution in [3.05, 3.63) is 22.9 Å². The Hall–Kier alpha value is -0.610. The molecule has 0 atom stereocenters. The fourth-order valence-corrected chi connectivity index (χ4v) is 1.53. The van der Waals surface area contributed by atoms with E-state index in [4.69, 9.17) is 0 Å². The van der Waals surface area contributed by atoms with Crippen LogP contribution in [0.2, 0.25) is 0 Å². The molecule has 1 aromatic rings. The van der Waals surface area contributed by atoms with Gasteiger partial charge in [-0.25, -0.2) is 0 Å². The van der Waals surface area contributed by atoms with Crippen LogP contribution in [0.1, 0.15) is 6.42 Å². The maximum absolute atomic E-state index is 4.01. The summed E-state index contributed by atoms with van der Waals surface area (Å²) in [6.07, 6.45) is 4.73. The molecule has 0 unspecified atom stereocenters. The molecule has 14 heavy (non-hydrogen) atoms. The fourth-order valence-electron chi connectivity index (χ4n) is 1.14. The summed E-state index contributed by atoms with van der Waals surface area (Å²) in [6, 6.07) is 1.97. The highest BCUT2D eigenvalue weighted by Gasteiger charge is 1.97. The van der Waals surface area contributed by atoms with E-state index in [9.17, 15) is 0 Å². The molecule has 0 aromatic carbocycles. The fraction of sp³-hybridized carbons (Fsp3) is 0.500. The summed E-state index contributed by atoms with van der Waals surface area (Å²) in [4.78, 5) is 6.19. The van der Waals surface area contributed by atoms with E-state index in [1.807, 2.05) is 6.07 Å². The van der Waals surface area contributed by atoms with Gasteiger partial charge in [0.05, 0.1) is 10.2 Å². The highest BCUT2D eigenvalue weighted by atomic mass is 79.9. The quantitative estimate of drug-likeness (QED) is 0.821. The molecule has 0 radical (unpaired) electrons. The van der Waals surface area contributed by atoms with Crippen molar-refractivity contribution in [2.24, 2.45) is 0 Å². The minimum atomic E-state index is 0.987. The van der Waals surface area contributed by atoms with Crippen LogP contribution in [0.3, 0.4) is 0 Å². The number of rotatable bonds is 5. The normalized spacial score (nSPS) is 10.6. The highest BCUT2D eigenvalue weighted by molar-refractivity contribution is 9.10. The van der Waals surface area contributed by atoms with Crippen molar-refractivity contribution in [3.8, 4) is 0 Å². The van der Waals surface area contributed by atoms with Crippen LogP contribution >= 0.6 is 15.9 Å². The molecule has 0 fully saturated rings. The lowest BCUT2D eigenvalue weighted by Gasteiger charge is -2.11. The average molecular weight is 258 g/mol. The van der Waals surface area contributed by atoms with Crippen molar-refractivity contribution in [1.29, 1.82) is 0 Å². The third kappa shape index (κ3) is 4.07. The number of hydrogen-bond donors (Lipinski definition) is 1. The van der Waals surface area contributed by atoms with Crippen molar-refractivity contribution in [3.63, 3.8) is 0 Å². The van der Waals surface area contributed by atoms with Gasteiger partial charge in [0, 0.05) is 18.9 Å². The summed E-state index contributed by atoms with van der Waals surface area (Å²) in [5, 5.41) is 3.35. The minimum Gasteiger partial charge on any atom is -0.384 e. The van der Waals surface area contributed by atoms with Crippen molar-refractivity contribution in [2.45, 2.75) is 6.42 Å². The zero-order valence-electron chi connectivity index (χ0n) is 8.63. The number of halogens is 1. The zero-order chi connectivity index (χ0) is 10.4. The second-order valence-electron chi connectivity index (χ2n) is 3.44. The van der Waals surface area contributed by atoms with Gasteiger partial charge in [-0.1, -0.05) is 0 Å². The largest absolute Gasteiger partial charge is 0.384 e. The van der Waals surface area contributed by atoms with E-state index < -0.39 is 0 Å². The van der Waals surface area contributed by atoms with Crippen LogP contribution in [0.5, 0.6) is 0 Å². The molecule has 0 saturated carbocycles. The first kappa shape index (κ1) is 11.5. The molecule has 0 bridgehead atoms. The Bertz CT molecular complexity index is 276. The SMILES string of the molecule is CN(C)CCCNc1ccncc1Br. The predicted molar refractivity (Wildman–Crippen MR) is 63.6 cm³/mol. The Kier molecular flexibility index (Phi) is 4.90. The molecule has 4 heteroatoms. The molecule has 0 spiro atoms. The highest BCUT2D eigenvalue weighted by Crippen LogP contribution is 2.19. The van der Waals surface area contributed by atoms with Crippen LogP contribution in [-0.2, 0) is 0 Å². The first-order chi connectivity index (χ1) is 6.70. The molecule has 1 heterocycles. The van der Waals surface area contributed by atoms with E-state index in [-0.39, 0.29) is 0 Å². The second-order valence-corrected chi connectivity index (χ2v) is 4.29. The number of nitrogens with zero attached hydrogens (tertiary/aromatic N) is 2. The van der Waals surface area contributed by atoms with E-state index in [1.165, 1.54) is 0 Å². The van der Waals surface area contributed by atoms with Gasteiger partial charge in [0.25, 0.3) is 0 Å². The number of hydrogen-bond acceptors (Lipinski definition) is 3. The molecule has 0 amide bonds. The maximum Gasteiger partial charge on any atom is 0.0590 e. The van der Waals surface area contributed by atoms with E-state index in [2.05, 4.69) is 45.2 Å². The van der Waals surface area contributed by atoms with Gasteiger partial charge in [0.1, 0.15) is 0 Å². The van der Waals surface area contributed by atoms with Crippen LogP contribution in [0.25, 0.3) is 0 Å². The number of anilines is 1. The molecule has 0 aliphatic rings. The van der Waals surface area contributed by atoms with Gasteiger partial charge in [0.2, 0.25) is 0 Å². The van der Waals surface area contributed by atoms with Crippen molar-refractivity contribution in [2.75, 3.05) is 32.5 Å². The summed E-state index contributed by atoms with van der Waals surface area (Å²) in [5.74, 6) is 0. The number of aromatic nitrogens is 1. The lowest BCUT2D eigenvalue weighted by Crippen LogP contribution is -2.16. The van der Waals surface area contributed by atoms with Gasteiger partial charge in [-0.3, -0.25) is 4.98 Å². The summed E-state index contributed by atoms with van der Waals surface area (Å²) >= 11 is 3.44. The monoisotopic (exact) mass is 257 g/mol. The number of pyridine rings is 1. The van der Waals surface area contributed by atoms with Gasteiger partial charge < -0.3 is 10.2 Å². The van der Waals surface area contributed by atoms with Gasteiger partial charge >= 0.3 is 0 Å². The molecule has 0 aliphatic carbocycles. The topological polar surface area (TPSA) is 28.2 Å². The van der Waals surface area contributed by atoms with E-state index >= 15 is 0 Å². The third-order valence-electron chi connectivity index (χ3n) is 1.87. The van der Waals surface area contributed by atoms with Crippen molar-refractivity contribution in [1.82, 2.24) is 9.88 Å². The maximum atomic E-state index is 4.01. The summed E-state index contributed by atoms with van der Waals surface area (Å²) < 4.78 is 1.02. The van der Waals surface area contributed by atoms with Crippen LogP contribution < -0.4 is 5.32 Å². The Balaban J connectivity index is 2.28. The van der Waals surface area contributed by atoms with Crippen LogP contribution in [-0.4, -0.2) is 37.1 Å². The predicted octanol–water partition coefficient (Wildman–Crippen LogP) is 2.21. The first-order valence-corrected chi connectivity index (χ1v) is 5.47. The van der Waals surface area contributed by atoms with Crippen LogP contribution in [0, 0.1) is 0 Å². The minimum absolute atomic E-state index is 0.987. The standard InChI is InChI=1S/C10H16BrN3/c1-14(2)7-3-5-13-10-4-6-12-8-9(10)11/h4,6,8H,3,5,7H2,1-2H3,(H,12,13). The second kappa shape index (κ2) is 5.98. The van der Waals surface area contributed by atoms with Gasteiger partial charge in [-0.15, -0.1) is 0 Å². The van der Waals surface area contributed by atoms with Crippen molar-refractivity contribution < 1.29 is 0 Å². The summed E-state index contributed by atoms with van der Waals surface area (Å²) in [7, 11) is 4.17. The molecule has 1 N–H and O–H groups in total. The first-order valence-electron chi connectivity index (χ1n) is 4.68. The Morgan fingerprint density at radius 2 is 2.29 bits per heavy atom. The molecule has 1 rings (SSSR count). The van der Waals surface area contributed by atoms with Crippen molar-refractivity contribution >= 4 is 21.6 Å². The molecule has 78 valence electrons. The molecule has 0 saturated heterocycles. The Morgan fingerprint density at radius 3 is 2.93 bits per heavy atom. The molecule has 0 aliphatic heterocycles. The smallest absolute Gasteiger partial charge is 0.0590 e. The van der Waals surface area contributed by atoms with Gasteiger partial charge in [-0.2, -0.15) is 0 Å². The molecular formula is C10H16BrN3. The van der Waals surface area contributed by atoms with E-state index in [0.29, 0.717) is 0 Å². The number of nitrogens with one attached hydrogen (secondary N) is 1. The zero-order valence-corrected chi connectivity index (χ0v) is 10.2. The summed E-state index contributed by atoms with van der Waals surface area (Å²) in [5.41, 5.74) is 1.11. The lowest BCUT2D eigenvalue weighted by atomic mass is 10.3.